The Morgan fingerprint density at radius 2 is 2.06 bits per heavy atom. The molecule has 4 aromatic rings. The fraction of sp³-hybridized carbons (Fsp3) is 0.304. The number of aliphatic hydroxyl groups excluding tert-OH is 1. The Bertz CT molecular complexity index is 1530. The predicted octanol–water partition coefficient (Wildman–Crippen LogP) is 4.29. The van der Waals surface area contributed by atoms with Gasteiger partial charge in [0.05, 0.1) is 24.0 Å². The first kappa shape index (κ1) is 23.1. The molecule has 180 valence electrons. The molecular formula is C23H18ClF3N6O2. The molecule has 1 fully saturated rings. The number of aromatic nitrogens is 4. The number of benzene rings is 1. The molecule has 0 atom stereocenters. The van der Waals surface area contributed by atoms with Crippen LogP contribution in [-0.4, -0.2) is 51.5 Å². The number of halogens is 4. The van der Waals surface area contributed by atoms with E-state index in [-0.39, 0.29) is 40.1 Å². The highest BCUT2D eigenvalue weighted by atomic mass is 35.5. The van der Waals surface area contributed by atoms with Crippen molar-refractivity contribution in [3.05, 3.63) is 46.1 Å². The van der Waals surface area contributed by atoms with Crippen LogP contribution in [0.25, 0.3) is 27.7 Å². The van der Waals surface area contributed by atoms with Crippen LogP contribution in [0.5, 0.6) is 5.75 Å². The molecule has 0 aliphatic carbocycles. The first-order valence-corrected chi connectivity index (χ1v) is 11.0. The quantitative estimate of drug-likeness (QED) is 0.434. The summed E-state index contributed by atoms with van der Waals surface area (Å²) in [4.78, 5) is 10.4. The van der Waals surface area contributed by atoms with Gasteiger partial charge in [-0.2, -0.15) is 14.9 Å². The second-order valence-electron chi connectivity index (χ2n) is 8.22. The number of nitriles is 1. The molecule has 0 unspecified atom stereocenters. The van der Waals surface area contributed by atoms with Crippen molar-refractivity contribution >= 4 is 34.0 Å². The highest BCUT2D eigenvalue weighted by Crippen LogP contribution is 2.44. The van der Waals surface area contributed by atoms with E-state index in [1.54, 1.807) is 30.0 Å². The zero-order valence-corrected chi connectivity index (χ0v) is 19.3. The summed E-state index contributed by atoms with van der Waals surface area (Å²) in [5.74, 6) is -0.173. The largest absolute Gasteiger partial charge is 0.493 e. The first-order chi connectivity index (χ1) is 16.8. The summed E-state index contributed by atoms with van der Waals surface area (Å²) in [6.07, 6.45) is -1.97. The van der Waals surface area contributed by atoms with Crippen LogP contribution in [0.3, 0.4) is 0 Å². The third-order valence-electron chi connectivity index (χ3n) is 6.13. The molecule has 12 heteroatoms. The molecule has 1 aliphatic heterocycles. The Kier molecular flexibility index (Phi) is 5.65. The summed E-state index contributed by atoms with van der Waals surface area (Å²) in [6.45, 7) is 2.31. The number of pyridine rings is 1. The Labute approximate surface area is 202 Å². The van der Waals surface area contributed by atoms with E-state index < -0.39 is 17.9 Å². The van der Waals surface area contributed by atoms with Gasteiger partial charge in [0.2, 0.25) is 0 Å². The van der Waals surface area contributed by atoms with Crippen molar-refractivity contribution in [2.75, 3.05) is 31.7 Å². The van der Waals surface area contributed by atoms with E-state index in [0.29, 0.717) is 41.1 Å². The molecule has 4 heterocycles. The van der Waals surface area contributed by atoms with Gasteiger partial charge in [0.1, 0.15) is 34.5 Å². The number of alkyl halides is 2. The summed E-state index contributed by atoms with van der Waals surface area (Å²) in [5.41, 5.74) is -0.0643. The van der Waals surface area contributed by atoms with E-state index in [9.17, 15) is 19.1 Å². The maximum Gasteiger partial charge on any atom is 0.283 e. The van der Waals surface area contributed by atoms with Gasteiger partial charge in [0.25, 0.3) is 6.43 Å². The monoisotopic (exact) mass is 502 g/mol. The van der Waals surface area contributed by atoms with Gasteiger partial charge in [-0.05, 0) is 13.0 Å². The van der Waals surface area contributed by atoms with E-state index in [4.69, 9.17) is 16.3 Å². The molecule has 1 saturated heterocycles. The van der Waals surface area contributed by atoms with E-state index >= 15 is 4.39 Å². The fourth-order valence-electron chi connectivity index (χ4n) is 4.50. The third-order valence-corrected chi connectivity index (χ3v) is 6.43. The molecule has 1 aromatic carbocycles. The molecule has 0 spiro atoms. The summed E-state index contributed by atoms with van der Waals surface area (Å²) in [7, 11) is 1.42. The molecular weight excluding hydrogens is 485 g/mol. The van der Waals surface area contributed by atoms with Gasteiger partial charge in [0, 0.05) is 42.1 Å². The number of hydrogen-bond acceptors (Lipinski definition) is 7. The van der Waals surface area contributed by atoms with Crippen LogP contribution in [-0.2, 0) is 0 Å². The van der Waals surface area contributed by atoms with E-state index in [0.717, 1.165) is 10.7 Å². The average molecular weight is 503 g/mol. The number of nitrogens with zero attached hydrogens (tertiary/aromatic N) is 6. The Morgan fingerprint density at radius 3 is 2.69 bits per heavy atom. The van der Waals surface area contributed by atoms with Crippen molar-refractivity contribution in [3.63, 3.8) is 0 Å². The SMILES string of the molecule is COc1c(Cl)ccc2c(-c3c(C)nc4c(C#N)c(C(F)F)nn4c3N3CC(CO)C3)c(F)cnc12. The predicted molar refractivity (Wildman–Crippen MR) is 122 cm³/mol. The number of methoxy groups -OCH3 is 1. The zero-order valence-electron chi connectivity index (χ0n) is 18.6. The van der Waals surface area contributed by atoms with Crippen molar-refractivity contribution in [1.82, 2.24) is 19.6 Å². The lowest BCUT2D eigenvalue weighted by atomic mass is 9.95. The molecule has 0 radical (unpaired) electrons. The second-order valence-corrected chi connectivity index (χ2v) is 8.62. The van der Waals surface area contributed by atoms with E-state index in [2.05, 4.69) is 15.1 Å². The van der Waals surface area contributed by atoms with Gasteiger partial charge in [-0.25, -0.2) is 23.1 Å². The Morgan fingerprint density at radius 1 is 1.31 bits per heavy atom. The minimum atomic E-state index is -3.01. The summed E-state index contributed by atoms with van der Waals surface area (Å²) < 4.78 is 49.5. The van der Waals surface area contributed by atoms with E-state index in [1.165, 1.54) is 7.11 Å². The topological polar surface area (TPSA) is 99.6 Å². The third kappa shape index (κ3) is 3.44. The Hall–Kier alpha value is -3.62. The lowest BCUT2D eigenvalue weighted by Crippen LogP contribution is -2.49. The number of ether oxygens (including phenoxy) is 1. The molecule has 1 N–H and O–H groups in total. The van der Waals surface area contributed by atoms with Crippen molar-refractivity contribution < 1.29 is 23.0 Å². The number of rotatable bonds is 5. The molecule has 8 nitrogen and oxygen atoms in total. The number of aryl methyl sites for hydroxylation is 1. The molecule has 5 rings (SSSR count). The minimum Gasteiger partial charge on any atom is -0.493 e. The van der Waals surface area contributed by atoms with Crippen LogP contribution in [0.4, 0.5) is 19.0 Å². The molecule has 0 amide bonds. The molecule has 1 aliphatic rings. The smallest absolute Gasteiger partial charge is 0.283 e. The standard InChI is InChI=1S/C23H18ClF3N6O2/c1-10-16(17-12-3-4-14(24)20(35-2)18(12)29-6-15(17)25)23(32-7-11(8-32)9-34)33-22(30-10)13(5-28)19(31-33)21(26)27/h3-4,6,11,21,34H,7-9H2,1-2H3. The van der Waals surface area contributed by atoms with Crippen molar-refractivity contribution in [2.24, 2.45) is 5.92 Å². The number of anilines is 1. The van der Waals surface area contributed by atoms with Crippen LogP contribution in [0, 0.1) is 30.0 Å². The highest BCUT2D eigenvalue weighted by Gasteiger charge is 2.35. The molecule has 35 heavy (non-hydrogen) atoms. The lowest BCUT2D eigenvalue weighted by Gasteiger charge is -2.41. The van der Waals surface area contributed by atoms with Crippen molar-refractivity contribution in [1.29, 1.82) is 5.26 Å². The maximum atomic E-state index is 15.5. The second kappa shape index (κ2) is 8.55. The highest BCUT2D eigenvalue weighted by molar-refractivity contribution is 6.33. The number of aliphatic hydroxyl groups is 1. The normalized spacial score (nSPS) is 14.1. The molecule has 0 bridgehead atoms. The van der Waals surface area contributed by atoms with Gasteiger partial charge in [-0.3, -0.25) is 0 Å². The van der Waals surface area contributed by atoms with Gasteiger partial charge < -0.3 is 14.7 Å². The molecule has 0 saturated carbocycles. The van der Waals surface area contributed by atoms with Gasteiger partial charge in [-0.1, -0.05) is 17.7 Å². The molecule has 3 aromatic heterocycles. The summed E-state index contributed by atoms with van der Waals surface area (Å²) >= 11 is 6.24. The van der Waals surface area contributed by atoms with Gasteiger partial charge in [0.15, 0.2) is 11.4 Å². The summed E-state index contributed by atoms with van der Waals surface area (Å²) in [5, 5.41) is 23.8. The van der Waals surface area contributed by atoms with Crippen LogP contribution >= 0.6 is 11.6 Å². The maximum absolute atomic E-state index is 15.5. The minimum absolute atomic E-state index is 0.0501. The van der Waals surface area contributed by atoms with Crippen LogP contribution in [0.15, 0.2) is 18.3 Å². The number of fused-ring (bicyclic) bond motifs is 2. The zero-order chi connectivity index (χ0) is 25.0. The summed E-state index contributed by atoms with van der Waals surface area (Å²) in [6, 6.07) is 4.92. The average Bonchev–Trinajstić information content (AvgIpc) is 3.17. The fourth-order valence-corrected chi connectivity index (χ4v) is 4.73. The van der Waals surface area contributed by atoms with Crippen LogP contribution < -0.4 is 9.64 Å². The van der Waals surface area contributed by atoms with Crippen molar-refractivity contribution in [2.45, 2.75) is 13.3 Å². The van der Waals surface area contributed by atoms with Gasteiger partial charge >= 0.3 is 0 Å². The van der Waals surface area contributed by atoms with Crippen LogP contribution in [0.1, 0.15) is 23.4 Å². The van der Waals surface area contributed by atoms with Crippen molar-refractivity contribution in [3.8, 4) is 22.9 Å². The number of hydrogen-bond donors (Lipinski definition) is 1. The van der Waals surface area contributed by atoms with E-state index in [1.807, 2.05) is 0 Å². The van der Waals surface area contributed by atoms with Gasteiger partial charge in [-0.15, -0.1) is 0 Å². The van der Waals surface area contributed by atoms with Crippen LogP contribution in [0.2, 0.25) is 5.02 Å². The first-order valence-electron chi connectivity index (χ1n) is 10.6. The lowest BCUT2D eigenvalue weighted by molar-refractivity contribution is 0.145. The Balaban J connectivity index is 1.91.